The molecule has 0 bridgehead atoms. The van der Waals surface area contributed by atoms with Crippen molar-refractivity contribution in [2.24, 2.45) is 0 Å². The summed E-state index contributed by atoms with van der Waals surface area (Å²) in [5.74, 6) is 0. The number of para-hydroxylation sites is 1. The SMILES string of the molecule is CS(=O)(=O)c1cccc(Br)c1[N+](=O)[O-]. The van der Waals surface area contributed by atoms with E-state index in [2.05, 4.69) is 15.9 Å². The van der Waals surface area contributed by atoms with Crippen LogP contribution in [-0.2, 0) is 9.84 Å². The molecule has 0 radical (unpaired) electrons. The lowest BCUT2D eigenvalue weighted by Gasteiger charge is -2.01. The summed E-state index contributed by atoms with van der Waals surface area (Å²) in [4.78, 5) is 9.60. The van der Waals surface area contributed by atoms with E-state index < -0.39 is 20.4 Å². The maximum Gasteiger partial charge on any atom is 0.302 e. The fourth-order valence-corrected chi connectivity index (χ4v) is 2.48. The van der Waals surface area contributed by atoms with Crippen molar-refractivity contribution in [1.29, 1.82) is 0 Å². The molecule has 7 heteroatoms. The van der Waals surface area contributed by atoms with Crippen LogP contribution in [0.5, 0.6) is 0 Å². The molecule has 1 aromatic rings. The summed E-state index contributed by atoms with van der Waals surface area (Å²) in [6, 6.07) is 4.07. The van der Waals surface area contributed by atoms with Crippen molar-refractivity contribution in [3.8, 4) is 0 Å². The lowest BCUT2D eigenvalue weighted by atomic mass is 10.3. The number of nitro benzene ring substituents is 1. The highest BCUT2D eigenvalue weighted by Crippen LogP contribution is 2.31. The van der Waals surface area contributed by atoms with Gasteiger partial charge in [-0.25, -0.2) is 8.42 Å². The number of rotatable bonds is 2. The predicted octanol–water partition coefficient (Wildman–Crippen LogP) is 1.76. The quantitative estimate of drug-likeness (QED) is 0.611. The Morgan fingerprint density at radius 1 is 1.43 bits per heavy atom. The summed E-state index contributed by atoms with van der Waals surface area (Å²) in [7, 11) is -3.57. The van der Waals surface area contributed by atoms with Crippen LogP contribution in [-0.4, -0.2) is 19.6 Å². The molecule has 5 nitrogen and oxygen atoms in total. The molecule has 76 valence electrons. The molecule has 1 rings (SSSR count). The largest absolute Gasteiger partial charge is 0.302 e. The van der Waals surface area contributed by atoms with Crippen molar-refractivity contribution in [3.05, 3.63) is 32.8 Å². The van der Waals surface area contributed by atoms with Crippen molar-refractivity contribution >= 4 is 31.5 Å². The normalized spacial score (nSPS) is 11.3. The van der Waals surface area contributed by atoms with E-state index in [0.717, 1.165) is 6.26 Å². The lowest BCUT2D eigenvalue weighted by molar-refractivity contribution is -0.388. The van der Waals surface area contributed by atoms with E-state index in [1.54, 1.807) is 0 Å². The molecule has 0 N–H and O–H groups in total. The van der Waals surface area contributed by atoms with Crippen LogP contribution in [0.2, 0.25) is 0 Å². The zero-order chi connectivity index (χ0) is 10.9. The molecule has 1 aromatic carbocycles. The summed E-state index contributed by atoms with van der Waals surface area (Å²) in [6.07, 6.45) is 0.932. The molecule has 0 aliphatic rings. The van der Waals surface area contributed by atoms with Crippen LogP contribution in [0.15, 0.2) is 27.6 Å². The Kier molecular flexibility index (Phi) is 2.91. The monoisotopic (exact) mass is 279 g/mol. The van der Waals surface area contributed by atoms with E-state index in [9.17, 15) is 18.5 Å². The highest BCUT2D eigenvalue weighted by atomic mass is 79.9. The van der Waals surface area contributed by atoms with E-state index in [-0.39, 0.29) is 9.37 Å². The Morgan fingerprint density at radius 2 is 2.00 bits per heavy atom. The van der Waals surface area contributed by atoms with Gasteiger partial charge in [0.25, 0.3) is 0 Å². The first-order valence-corrected chi connectivity index (χ1v) is 6.15. The summed E-state index contributed by atoms with van der Waals surface area (Å²) in [6.45, 7) is 0. The maximum absolute atomic E-state index is 11.2. The third kappa shape index (κ3) is 2.10. The van der Waals surface area contributed by atoms with E-state index in [1.807, 2.05) is 0 Å². The molecule has 0 heterocycles. The fraction of sp³-hybridized carbons (Fsp3) is 0.143. The van der Waals surface area contributed by atoms with Gasteiger partial charge in [-0.2, -0.15) is 0 Å². The third-order valence-electron chi connectivity index (χ3n) is 1.53. The first-order chi connectivity index (χ1) is 6.34. The molecule has 0 fully saturated rings. The van der Waals surface area contributed by atoms with Crippen molar-refractivity contribution in [3.63, 3.8) is 0 Å². The Labute approximate surface area is 88.9 Å². The van der Waals surface area contributed by atoms with Crippen LogP contribution >= 0.6 is 15.9 Å². The van der Waals surface area contributed by atoms with Gasteiger partial charge in [0.2, 0.25) is 0 Å². The minimum Gasteiger partial charge on any atom is -0.258 e. The third-order valence-corrected chi connectivity index (χ3v) is 3.30. The van der Waals surface area contributed by atoms with Crippen LogP contribution < -0.4 is 0 Å². The summed E-state index contributed by atoms with van der Waals surface area (Å²) < 4.78 is 22.5. The van der Waals surface area contributed by atoms with Crippen molar-refractivity contribution < 1.29 is 13.3 Å². The van der Waals surface area contributed by atoms with Gasteiger partial charge in [0.15, 0.2) is 9.84 Å². The molecule has 0 aromatic heterocycles. The van der Waals surface area contributed by atoms with Gasteiger partial charge in [0.05, 0.1) is 9.40 Å². The standard InChI is InChI=1S/C7H6BrNO4S/c1-14(12,13)6-4-2-3-5(8)7(6)9(10)11/h2-4H,1H3. The molecule has 0 aliphatic heterocycles. The molecule has 0 amide bonds. The van der Waals surface area contributed by atoms with Gasteiger partial charge in [-0.3, -0.25) is 10.1 Å². The number of sulfone groups is 1. The Balaban J connectivity index is 3.61. The average molecular weight is 280 g/mol. The molecular formula is C7H6BrNO4S. The highest BCUT2D eigenvalue weighted by Gasteiger charge is 2.24. The van der Waals surface area contributed by atoms with E-state index in [0.29, 0.717) is 0 Å². The molecule has 14 heavy (non-hydrogen) atoms. The van der Waals surface area contributed by atoms with Gasteiger partial charge < -0.3 is 0 Å². The second kappa shape index (κ2) is 3.66. The molecular weight excluding hydrogens is 274 g/mol. The summed E-state index contributed by atoms with van der Waals surface area (Å²) in [5.41, 5.74) is -0.421. The number of benzene rings is 1. The Bertz CT molecular complexity index is 482. The number of nitro groups is 1. The van der Waals surface area contributed by atoms with Gasteiger partial charge in [-0.15, -0.1) is 0 Å². The zero-order valence-corrected chi connectivity index (χ0v) is 9.50. The molecule has 0 aliphatic carbocycles. The predicted molar refractivity (Wildman–Crippen MR) is 53.9 cm³/mol. The minimum atomic E-state index is -3.57. The van der Waals surface area contributed by atoms with Gasteiger partial charge in [0.1, 0.15) is 4.90 Å². The molecule has 0 unspecified atom stereocenters. The van der Waals surface area contributed by atoms with E-state index in [1.165, 1.54) is 18.2 Å². The average Bonchev–Trinajstić information content (AvgIpc) is 2.01. The number of nitrogens with zero attached hydrogens (tertiary/aromatic N) is 1. The first kappa shape index (κ1) is 11.1. The molecule has 0 atom stereocenters. The molecule has 0 saturated carbocycles. The van der Waals surface area contributed by atoms with Crippen LogP contribution in [0.4, 0.5) is 5.69 Å². The Morgan fingerprint density at radius 3 is 2.36 bits per heavy atom. The van der Waals surface area contributed by atoms with Gasteiger partial charge in [0, 0.05) is 6.26 Å². The van der Waals surface area contributed by atoms with Gasteiger partial charge in [-0.05, 0) is 28.1 Å². The molecule has 0 spiro atoms. The van der Waals surface area contributed by atoms with Crippen molar-refractivity contribution in [2.45, 2.75) is 4.90 Å². The first-order valence-electron chi connectivity index (χ1n) is 3.47. The second-order valence-corrected chi connectivity index (χ2v) is 5.45. The van der Waals surface area contributed by atoms with Crippen LogP contribution in [0.25, 0.3) is 0 Å². The number of hydrogen-bond acceptors (Lipinski definition) is 4. The fourth-order valence-electron chi connectivity index (χ4n) is 0.972. The molecule has 0 saturated heterocycles. The van der Waals surface area contributed by atoms with Crippen LogP contribution in [0, 0.1) is 10.1 Å². The van der Waals surface area contributed by atoms with Gasteiger partial charge in [-0.1, -0.05) is 6.07 Å². The summed E-state index contributed by atoms with van der Waals surface area (Å²) >= 11 is 2.93. The van der Waals surface area contributed by atoms with Crippen molar-refractivity contribution in [1.82, 2.24) is 0 Å². The highest BCUT2D eigenvalue weighted by molar-refractivity contribution is 9.10. The topological polar surface area (TPSA) is 77.3 Å². The van der Waals surface area contributed by atoms with E-state index in [4.69, 9.17) is 0 Å². The lowest BCUT2D eigenvalue weighted by Crippen LogP contribution is -2.02. The minimum absolute atomic E-state index is 0.158. The zero-order valence-electron chi connectivity index (χ0n) is 7.10. The van der Waals surface area contributed by atoms with Crippen LogP contribution in [0.3, 0.4) is 0 Å². The Hall–Kier alpha value is -0.950. The maximum atomic E-state index is 11.2. The van der Waals surface area contributed by atoms with E-state index >= 15 is 0 Å². The summed E-state index contributed by atoms with van der Waals surface area (Å²) in [5, 5.41) is 10.6. The second-order valence-electron chi connectivity index (χ2n) is 2.62. The van der Waals surface area contributed by atoms with Crippen molar-refractivity contribution in [2.75, 3.05) is 6.26 Å². The number of hydrogen-bond donors (Lipinski definition) is 0. The van der Waals surface area contributed by atoms with Crippen LogP contribution in [0.1, 0.15) is 0 Å². The van der Waals surface area contributed by atoms with Gasteiger partial charge >= 0.3 is 5.69 Å². The number of halogens is 1. The smallest absolute Gasteiger partial charge is 0.258 e.